The molecule has 718 valence electrons. The van der Waals surface area contributed by atoms with Gasteiger partial charge in [-0.05, 0) is 82.5 Å². The van der Waals surface area contributed by atoms with E-state index < -0.39 is 184 Å². The lowest BCUT2D eigenvalue weighted by molar-refractivity contribution is -0.270. The SMILES string of the molecule is CC(C)(C)C.COCCN(CCOP(=O)(O)OCCN(CCOP(=O)(O)OCCN(CCO)C(=O)CCCCCCC(=O)CCCCCOC1OC(CO)C(O)C(O)C1NC(C)=O)C(=O)CCCCCCC(=O)CCCCCOC1OC(CO)C(O)C(O)C1NC(C)=O)C(=O)CCCCCCC(=O)CCCCCOC1OC(CO)C(O)C(O)C1NC(C)=O. The number of rotatable bonds is 69. The number of unbranched alkanes of at least 4 members (excludes halogenated alkanes) is 15. The van der Waals surface area contributed by atoms with E-state index in [4.69, 9.17) is 51.3 Å². The van der Waals surface area contributed by atoms with Crippen molar-refractivity contribution in [3.8, 4) is 0 Å². The average Bonchev–Trinajstić information content (AvgIpc) is 0.816. The molecule has 0 aromatic carbocycles. The van der Waals surface area contributed by atoms with Gasteiger partial charge in [0.25, 0.3) is 0 Å². The van der Waals surface area contributed by atoms with E-state index >= 15 is 0 Å². The number of amides is 6. The van der Waals surface area contributed by atoms with Gasteiger partial charge in [0, 0.05) is 145 Å². The number of phosphoric ester groups is 2. The number of nitrogens with zero attached hydrogens (tertiary/aromatic N) is 3. The average molecular weight is 1810 g/mol. The molecule has 0 aromatic rings. The standard InChI is InChI=1S/C76H138N6O34P2.C5H12/c1-53(87)77-65-71(99)68(96)59(50-84)114-74(65)107-42-23-11-17-29-56(90)26-14-5-8-20-32-62(93)80(35-41-83)37-46-110-117(102,103)112-48-39-82(64(95)34-22-10-7-16-28-58(92)31-19-13-25-44-109-76-67(79-55(3)89)73(101)70(98)61(52-86)116-76)40-49-113-118(104,105)111-47-38-81(36-45-106-4)63(94)33-21-9-6-15-27-57(91)30-18-12-24-43-108-75-66(78-54(2)88)72(100)69(97)60(51-85)115-75;1-5(2,3)4/h59-61,65-76,83-86,96-101H,5-52H2,1-4H3,(H,77,87)(H,78,88)(H,79,89)(H,102,103)(H,104,105);1-4H3. The van der Waals surface area contributed by atoms with Crippen molar-refractivity contribution in [1.29, 1.82) is 0 Å². The van der Waals surface area contributed by atoms with E-state index in [0.717, 1.165) is 0 Å². The summed E-state index contributed by atoms with van der Waals surface area (Å²) in [5.74, 6) is -2.32. The van der Waals surface area contributed by atoms with Gasteiger partial charge in [-0.3, -0.25) is 61.2 Å². The minimum atomic E-state index is -4.84. The first kappa shape index (κ1) is 114. The summed E-state index contributed by atoms with van der Waals surface area (Å²) >= 11 is 0. The van der Waals surface area contributed by atoms with E-state index in [-0.39, 0.29) is 114 Å². The molecular weight excluding hydrogens is 1660 g/mol. The molecule has 3 fully saturated rings. The van der Waals surface area contributed by atoms with Gasteiger partial charge in [-0.2, -0.15) is 0 Å². The van der Waals surface area contributed by atoms with Crippen LogP contribution in [0.1, 0.15) is 241 Å². The van der Waals surface area contributed by atoms with Gasteiger partial charge >= 0.3 is 15.6 Å². The fraction of sp³-hybridized carbons (Fsp3) is 0.889. The van der Waals surface area contributed by atoms with Crippen molar-refractivity contribution < 1.29 is 164 Å². The van der Waals surface area contributed by atoms with Crippen molar-refractivity contribution in [2.45, 2.75) is 333 Å². The van der Waals surface area contributed by atoms with Gasteiger partial charge in [0.05, 0.1) is 59.5 Å². The molecule has 17 atom stereocenters. The molecular formula is C81H150N6O34P2. The maximum atomic E-state index is 13.7. The molecule has 3 aliphatic rings. The first-order chi connectivity index (χ1) is 58.3. The minimum absolute atomic E-state index is 0.0333. The summed E-state index contributed by atoms with van der Waals surface area (Å²) in [6.45, 7) is 8.07. The van der Waals surface area contributed by atoms with Crippen molar-refractivity contribution in [1.82, 2.24) is 30.7 Å². The van der Waals surface area contributed by atoms with E-state index in [2.05, 4.69) is 43.6 Å². The zero-order chi connectivity index (χ0) is 91.9. The first-order valence-electron chi connectivity index (χ1n) is 43.6. The highest BCUT2D eigenvalue weighted by atomic mass is 31.2. The molecule has 17 unspecified atom stereocenters. The Morgan fingerprint density at radius 3 is 0.772 bits per heavy atom. The number of ether oxygens (including phenoxy) is 7. The molecule has 3 aliphatic heterocycles. The maximum Gasteiger partial charge on any atom is 0.472 e. The second-order valence-corrected chi connectivity index (χ2v) is 35.7. The number of Topliss-reactive ketones (excluding diaryl/α,β-unsaturated/α-hetero) is 3. The smallest absolute Gasteiger partial charge is 0.395 e. The maximum absolute atomic E-state index is 13.7. The van der Waals surface area contributed by atoms with Gasteiger partial charge in [-0.15, -0.1) is 0 Å². The molecule has 40 nitrogen and oxygen atoms in total. The van der Waals surface area contributed by atoms with Gasteiger partial charge in [0.15, 0.2) is 18.9 Å². The first-order valence-corrected chi connectivity index (χ1v) is 46.6. The van der Waals surface area contributed by atoms with Crippen LogP contribution in [0.25, 0.3) is 0 Å². The van der Waals surface area contributed by atoms with E-state index in [1.165, 1.54) is 42.6 Å². The Morgan fingerprint density at radius 1 is 0.333 bits per heavy atom. The summed E-state index contributed by atoms with van der Waals surface area (Å²) in [6.07, 6.45) is -0.978. The van der Waals surface area contributed by atoms with Crippen LogP contribution >= 0.6 is 15.6 Å². The van der Waals surface area contributed by atoms with E-state index in [0.29, 0.717) is 179 Å². The molecule has 123 heavy (non-hydrogen) atoms. The van der Waals surface area contributed by atoms with Crippen molar-refractivity contribution in [3.63, 3.8) is 0 Å². The van der Waals surface area contributed by atoms with E-state index in [1.54, 1.807) is 0 Å². The van der Waals surface area contributed by atoms with Crippen LogP contribution < -0.4 is 16.0 Å². The Labute approximate surface area is 724 Å². The normalized spacial score (nSPS) is 23.8. The monoisotopic (exact) mass is 1810 g/mol. The molecule has 3 saturated heterocycles. The molecule has 0 spiro atoms. The van der Waals surface area contributed by atoms with Crippen LogP contribution in [0.3, 0.4) is 0 Å². The molecule has 0 aromatic heterocycles. The number of carbonyl (C=O) groups is 9. The number of hydrogen-bond donors (Lipinski definition) is 15. The van der Waals surface area contributed by atoms with Crippen molar-refractivity contribution in [2.24, 2.45) is 5.41 Å². The predicted molar refractivity (Wildman–Crippen MR) is 445 cm³/mol. The largest absolute Gasteiger partial charge is 0.472 e. The van der Waals surface area contributed by atoms with Crippen LogP contribution in [0.5, 0.6) is 0 Å². The molecule has 0 bridgehead atoms. The molecule has 0 saturated carbocycles. The summed E-state index contributed by atoms with van der Waals surface area (Å²) in [5.41, 5.74) is 0.500. The summed E-state index contributed by atoms with van der Waals surface area (Å²) in [6, 6.07) is -3.17. The Morgan fingerprint density at radius 2 is 0.553 bits per heavy atom. The highest BCUT2D eigenvalue weighted by Gasteiger charge is 2.48. The second kappa shape index (κ2) is 65.0. The number of methoxy groups -OCH3 is 1. The van der Waals surface area contributed by atoms with Crippen LogP contribution in [-0.2, 0) is 104 Å². The number of ketones is 3. The summed E-state index contributed by atoms with van der Waals surface area (Å²) in [7, 11) is -8.20. The number of nitrogens with one attached hydrogen (secondary N) is 3. The highest BCUT2D eigenvalue weighted by Crippen LogP contribution is 2.44. The molecule has 6 amide bonds. The van der Waals surface area contributed by atoms with E-state index in [1.807, 2.05) is 0 Å². The lowest BCUT2D eigenvalue weighted by Gasteiger charge is -2.42. The lowest BCUT2D eigenvalue weighted by Crippen LogP contribution is -2.64. The Kier molecular flexibility index (Phi) is 60.5. The second-order valence-electron chi connectivity index (χ2n) is 32.8. The van der Waals surface area contributed by atoms with Gasteiger partial charge in [0.1, 0.15) is 90.4 Å². The molecule has 15 N–H and O–H groups in total. The summed E-state index contributed by atoms with van der Waals surface area (Å²) in [5, 5.41) is 108. The fourth-order valence-electron chi connectivity index (χ4n) is 13.5. The number of aliphatic hydroxyl groups is 10. The van der Waals surface area contributed by atoms with Crippen molar-refractivity contribution in [2.75, 3.05) is 126 Å². The van der Waals surface area contributed by atoms with E-state index in [9.17, 15) is 113 Å². The Balaban J connectivity index is 0.00000993. The topological polar surface area (TPSA) is 578 Å². The number of carbonyl (C=O) groups excluding carboxylic acids is 9. The third kappa shape index (κ3) is 51.4. The Bertz CT molecular complexity index is 3070. The summed E-state index contributed by atoms with van der Waals surface area (Å²) < 4.78 is 86.3. The van der Waals surface area contributed by atoms with Gasteiger partial charge in [-0.25, -0.2) is 9.13 Å². The number of aliphatic hydroxyl groups excluding tert-OH is 10. The third-order valence-corrected chi connectivity index (χ3v) is 22.2. The van der Waals surface area contributed by atoms with Crippen LogP contribution in [0.15, 0.2) is 0 Å². The molecule has 3 rings (SSSR count). The predicted octanol–water partition coefficient (Wildman–Crippen LogP) is 2.72. The number of phosphoric acid groups is 2. The zero-order valence-electron chi connectivity index (χ0n) is 73.7. The van der Waals surface area contributed by atoms with Crippen molar-refractivity contribution in [3.05, 3.63) is 0 Å². The number of hydrogen-bond acceptors (Lipinski definition) is 32. The van der Waals surface area contributed by atoms with Crippen LogP contribution in [0.2, 0.25) is 0 Å². The zero-order valence-corrected chi connectivity index (χ0v) is 75.5. The fourth-order valence-corrected chi connectivity index (χ4v) is 14.9. The molecule has 42 heteroatoms. The summed E-state index contributed by atoms with van der Waals surface area (Å²) in [4.78, 5) is 139. The quantitative estimate of drug-likeness (QED) is 0.0307. The lowest BCUT2D eigenvalue weighted by atomic mass is 9.97. The van der Waals surface area contributed by atoms with Crippen LogP contribution in [0, 0.1) is 5.41 Å². The van der Waals surface area contributed by atoms with Crippen molar-refractivity contribution >= 4 is 68.4 Å². The highest BCUT2D eigenvalue weighted by molar-refractivity contribution is 7.47. The molecule has 0 radical (unpaired) electrons. The molecule has 0 aliphatic carbocycles. The van der Waals surface area contributed by atoms with Crippen LogP contribution in [0.4, 0.5) is 0 Å². The van der Waals surface area contributed by atoms with Gasteiger partial charge in [0.2, 0.25) is 35.4 Å². The van der Waals surface area contributed by atoms with Gasteiger partial charge < -0.3 is 125 Å². The molecule has 3 heterocycles. The van der Waals surface area contributed by atoms with Crippen LogP contribution in [-0.4, -0.2) is 346 Å². The Hall–Kier alpha value is -4.63. The minimum Gasteiger partial charge on any atom is -0.395 e. The third-order valence-electron chi connectivity index (χ3n) is 20.1. The van der Waals surface area contributed by atoms with Gasteiger partial charge in [-0.1, -0.05) is 85.5 Å².